The number of benzene rings is 2. The SMILES string of the molecule is CC[C@H](C)[C@H](NC(=O)CN)C(=O)N[C@@H](CC(C)C)C(=O)NCC(=O)N[C@@H](Cc1ccccc1)C(=O)N[C@H](C(=O)N[C@@H](Cc1ccccc1)C(=O)O[C@H](C)[C@H](N)C(=O)N[C@@H](CC(C)C)C(=O)O)C(C)C.O=C(O)C(F)(F)F. The number of aliphatic carboxylic acids is 2. The number of alkyl halides is 3. The second-order valence-electron chi connectivity index (χ2n) is 19.3. The van der Waals surface area contributed by atoms with Gasteiger partial charge < -0.3 is 63.6 Å². The lowest BCUT2D eigenvalue weighted by Gasteiger charge is -2.28. The van der Waals surface area contributed by atoms with Gasteiger partial charge in [0.2, 0.25) is 41.4 Å². The van der Waals surface area contributed by atoms with E-state index in [9.17, 15) is 61.4 Å². The average molecular weight is 1080 g/mol. The van der Waals surface area contributed by atoms with Crippen LogP contribution < -0.4 is 48.7 Å². The molecule has 9 atom stereocenters. The van der Waals surface area contributed by atoms with E-state index < -0.39 is 126 Å². The van der Waals surface area contributed by atoms with Gasteiger partial charge in [-0.2, -0.15) is 13.2 Å². The normalized spacial score (nSPS) is 14.8. The van der Waals surface area contributed by atoms with Crippen molar-refractivity contribution in [2.24, 2.45) is 35.1 Å². The Bertz CT molecular complexity index is 2240. The van der Waals surface area contributed by atoms with Crippen LogP contribution in [0.1, 0.15) is 92.7 Å². The molecule has 0 aromatic heterocycles. The molecule has 7 amide bonds. The number of nitrogens with one attached hydrogen (secondary N) is 7. The van der Waals surface area contributed by atoms with Crippen LogP contribution in [-0.2, 0) is 65.5 Å². The van der Waals surface area contributed by atoms with E-state index in [0.717, 1.165) is 0 Å². The predicted octanol–water partition coefficient (Wildman–Crippen LogP) is 1.23. The lowest BCUT2D eigenvalue weighted by molar-refractivity contribution is -0.192. The van der Waals surface area contributed by atoms with Gasteiger partial charge in [-0.1, -0.05) is 122 Å². The Hall–Kier alpha value is -7.15. The largest absolute Gasteiger partial charge is 0.490 e. The first kappa shape index (κ1) is 66.9. The predicted molar refractivity (Wildman–Crippen MR) is 272 cm³/mol. The van der Waals surface area contributed by atoms with Gasteiger partial charge in [0.1, 0.15) is 48.4 Å². The van der Waals surface area contributed by atoms with Crippen molar-refractivity contribution in [2.75, 3.05) is 13.1 Å². The number of rotatable bonds is 29. The average Bonchev–Trinajstić information content (AvgIpc) is 3.34. The molecular formula is C51H76F3N9O13. The number of carbonyl (C=O) groups excluding carboxylic acids is 8. The van der Waals surface area contributed by atoms with E-state index in [1.807, 2.05) is 20.8 Å². The van der Waals surface area contributed by atoms with Crippen molar-refractivity contribution in [1.29, 1.82) is 0 Å². The number of hydrogen-bond donors (Lipinski definition) is 11. The molecule has 0 fully saturated rings. The maximum absolute atomic E-state index is 14.1. The lowest BCUT2D eigenvalue weighted by Crippen LogP contribution is -2.59. The number of nitrogens with two attached hydrogens (primary N) is 2. The molecule has 0 aliphatic rings. The molecule has 424 valence electrons. The van der Waals surface area contributed by atoms with Crippen LogP contribution in [0.15, 0.2) is 60.7 Å². The van der Waals surface area contributed by atoms with E-state index in [1.165, 1.54) is 6.92 Å². The quantitative estimate of drug-likeness (QED) is 0.0511. The number of hydrogen-bond acceptors (Lipinski definition) is 13. The Morgan fingerprint density at radius 1 is 0.579 bits per heavy atom. The van der Waals surface area contributed by atoms with E-state index in [2.05, 4.69) is 37.2 Å². The van der Waals surface area contributed by atoms with Gasteiger partial charge >= 0.3 is 24.1 Å². The second-order valence-corrected chi connectivity index (χ2v) is 19.3. The van der Waals surface area contributed by atoms with Crippen molar-refractivity contribution in [1.82, 2.24) is 37.2 Å². The van der Waals surface area contributed by atoms with Crippen molar-refractivity contribution in [3.8, 4) is 0 Å². The third kappa shape index (κ3) is 24.9. The summed E-state index contributed by atoms with van der Waals surface area (Å²) < 4.78 is 37.3. The van der Waals surface area contributed by atoms with Crippen molar-refractivity contribution in [3.05, 3.63) is 71.8 Å². The van der Waals surface area contributed by atoms with Gasteiger partial charge in [0.15, 0.2) is 0 Å². The number of carboxylic acids is 2. The summed E-state index contributed by atoms with van der Waals surface area (Å²) in [5.41, 5.74) is 12.9. The van der Waals surface area contributed by atoms with E-state index in [0.29, 0.717) is 17.5 Å². The third-order valence-corrected chi connectivity index (χ3v) is 11.5. The van der Waals surface area contributed by atoms with Crippen LogP contribution in [0.2, 0.25) is 0 Å². The number of halogens is 3. The van der Waals surface area contributed by atoms with Crippen LogP contribution >= 0.6 is 0 Å². The molecule has 2 rings (SSSR count). The van der Waals surface area contributed by atoms with Crippen LogP contribution in [-0.4, -0.2) is 137 Å². The molecule has 0 radical (unpaired) electrons. The van der Waals surface area contributed by atoms with Crippen LogP contribution in [0, 0.1) is 23.7 Å². The van der Waals surface area contributed by atoms with Crippen LogP contribution in [0.3, 0.4) is 0 Å². The molecule has 0 heterocycles. The zero-order valence-electron chi connectivity index (χ0n) is 44.3. The molecular weight excluding hydrogens is 1000 g/mol. The van der Waals surface area contributed by atoms with Crippen molar-refractivity contribution >= 4 is 59.3 Å². The zero-order chi connectivity index (χ0) is 58.0. The highest BCUT2D eigenvalue weighted by atomic mass is 19.4. The minimum absolute atomic E-state index is 0.0181. The maximum atomic E-state index is 14.1. The lowest BCUT2D eigenvalue weighted by atomic mass is 9.96. The van der Waals surface area contributed by atoms with E-state index in [-0.39, 0.29) is 50.0 Å². The fourth-order valence-corrected chi connectivity index (χ4v) is 7.10. The van der Waals surface area contributed by atoms with Gasteiger partial charge in [-0.3, -0.25) is 33.6 Å². The van der Waals surface area contributed by atoms with E-state index in [4.69, 9.17) is 26.1 Å². The fourth-order valence-electron chi connectivity index (χ4n) is 7.10. The van der Waals surface area contributed by atoms with Crippen molar-refractivity contribution < 1.29 is 76.1 Å². The molecule has 0 saturated carbocycles. The Balaban J connectivity index is 0.00000383. The van der Waals surface area contributed by atoms with Crippen LogP contribution in [0.5, 0.6) is 0 Å². The summed E-state index contributed by atoms with van der Waals surface area (Å²) >= 11 is 0. The summed E-state index contributed by atoms with van der Waals surface area (Å²) in [5.74, 6) is -10.8. The maximum Gasteiger partial charge on any atom is 0.490 e. The molecule has 2 aromatic carbocycles. The summed E-state index contributed by atoms with van der Waals surface area (Å²) in [6.45, 7) is 14.7. The highest BCUT2D eigenvalue weighted by Crippen LogP contribution is 2.15. The van der Waals surface area contributed by atoms with Crippen molar-refractivity contribution in [3.63, 3.8) is 0 Å². The van der Waals surface area contributed by atoms with Gasteiger partial charge in [-0.05, 0) is 54.6 Å². The number of amides is 7. The standard InChI is InChI=1S/C49H75N9O11.C2HF3O2/c1-10-30(8)42(57-38(59)25-50)47(65)54-34(21-27(2)3)43(61)52-26-39(60)53-35(23-32-17-13-11-14-18-32)44(62)58-41(29(6)7)46(64)56-37(24-33-19-15-12-16-20-33)49(68)69-31(9)40(51)45(63)55-36(48(66)67)22-28(4)5;3-2(4,5)1(6)7/h11-20,27-31,34-37,40-42H,10,21-26,50-51H2,1-9H3,(H,52,61)(H,53,60)(H,54,65)(H,55,63)(H,56,64)(H,57,59)(H,58,62)(H,66,67);(H,6,7)/t30-,31+,34-,35-,36-,37-,40-,41-,42-;/m0./s1. The third-order valence-electron chi connectivity index (χ3n) is 11.5. The summed E-state index contributed by atoms with van der Waals surface area (Å²) in [4.78, 5) is 128. The Kier molecular flexibility index (Phi) is 29.0. The van der Waals surface area contributed by atoms with Gasteiger partial charge in [0.05, 0.1) is 13.1 Å². The van der Waals surface area contributed by atoms with Crippen molar-refractivity contribution in [2.45, 2.75) is 149 Å². The molecule has 0 bridgehead atoms. The zero-order valence-corrected chi connectivity index (χ0v) is 44.3. The molecule has 0 saturated heterocycles. The molecule has 13 N–H and O–H groups in total. The Morgan fingerprint density at radius 3 is 1.49 bits per heavy atom. The molecule has 22 nitrogen and oxygen atoms in total. The smallest absolute Gasteiger partial charge is 0.480 e. The minimum Gasteiger partial charge on any atom is -0.480 e. The number of carboxylic acid groups (broad SMARTS) is 2. The molecule has 0 unspecified atom stereocenters. The molecule has 0 aliphatic heterocycles. The van der Waals surface area contributed by atoms with E-state index in [1.54, 1.807) is 95.3 Å². The van der Waals surface area contributed by atoms with Crippen LogP contribution in [0.25, 0.3) is 0 Å². The first-order valence-corrected chi connectivity index (χ1v) is 24.8. The van der Waals surface area contributed by atoms with Gasteiger partial charge in [0.25, 0.3) is 0 Å². The highest BCUT2D eigenvalue weighted by Gasteiger charge is 2.39. The number of carbonyl (C=O) groups is 10. The molecule has 0 aliphatic carbocycles. The number of esters is 1. The summed E-state index contributed by atoms with van der Waals surface area (Å²) in [5, 5.41) is 35.0. The first-order valence-electron chi connectivity index (χ1n) is 24.8. The monoisotopic (exact) mass is 1080 g/mol. The van der Waals surface area contributed by atoms with Gasteiger partial charge in [0, 0.05) is 12.8 Å². The molecule has 2 aromatic rings. The fraction of sp³-hybridized carbons (Fsp3) is 0.569. The molecule has 25 heteroatoms. The second kappa shape index (κ2) is 33.0. The van der Waals surface area contributed by atoms with Gasteiger partial charge in [-0.25, -0.2) is 14.4 Å². The summed E-state index contributed by atoms with van der Waals surface area (Å²) in [6.07, 6.45) is -5.53. The topological polar surface area (TPSA) is 357 Å². The van der Waals surface area contributed by atoms with Gasteiger partial charge in [-0.15, -0.1) is 0 Å². The molecule has 0 spiro atoms. The minimum atomic E-state index is -5.08. The summed E-state index contributed by atoms with van der Waals surface area (Å²) in [6, 6.07) is 8.88. The number of ether oxygens (including phenoxy) is 1. The highest BCUT2D eigenvalue weighted by molar-refractivity contribution is 5.96. The Labute approximate surface area is 440 Å². The van der Waals surface area contributed by atoms with Crippen LogP contribution in [0.4, 0.5) is 13.2 Å². The summed E-state index contributed by atoms with van der Waals surface area (Å²) in [7, 11) is 0. The molecule has 76 heavy (non-hydrogen) atoms. The first-order chi connectivity index (χ1) is 35.4. The Morgan fingerprint density at radius 2 is 1.04 bits per heavy atom. The van der Waals surface area contributed by atoms with E-state index >= 15 is 0 Å².